The molecule has 1 heterocycles. The van der Waals surface area contributed by atoms with Crippen molar-refractivity contribution >= 4 is 15.9 Å². The number of hydrogen-bond donors (Lipinski definition) is 0. The van der Waals surface area contributed by atoms with Gasteiger partial charge in [0.15, 0.2) is 0 Å². The fourth-order valence-corrected chi connectivity index (χ4v) is 2.22. The van der Waals surface area contributed by atoms with E-state index in [0.717, 1.165) is 12.3 Å². The van der Waals surface area contributed by atoms with Gasteiger partial charge in [0.1, 0.15) is 11.3 Å². The second kappa shape index (κ2) is 5.52. The lowest BCUT2D eigenvalue weighted by atomic mass is 10.2. The minimum Gasteiger partial charge on any atom is -0.482 e. The van der Waals surface area contributed by atoms with E-state index in [1.807, 2.05) is 12.1 Å². The van der Waals surface area contributed by atoms with Crippen LogP contribution in [-0.2, 0) is 6.54 Å². The maximum atomic E-state index is 5.33. The lowest BCUT2D eigenvalue weighted by Crippen LogP contribution is -2.18. The Morgan fingerprint density at radius 2 is 1.80 bits per heavy atom. The Morgan fingerprint density at radius 1 is 1.13 bits per heavy atom. The summed E-state index contributed by atoms with van der Waals surface area (Å²) in [5.41, 5.74) is 1.93. The molecule has 3 heteroatoms. The molecule has 0 spiro atoms. The fraction of sp³-hybridized carbons (Fsp3) is 0.500. The normalized spacial score (nSPS) is 16.9. The summed E-state index contributed by atoms with van der Waals surface area (Å²) >= 11 is 3.25. The average Bonchev–Trinajstić information content (AvgIpc) is 2.74. The summed E-state index contributed by atoms with van der Waals surface area (Å²) in [7, 11) is 0. The Kier molecular flexibility index (Phi) is 4.03. The third-order valence-corrected chi connectivity index (χ3v) is 2.98. The monoisotopic (exact) mass is 269 g/mol. The number of alkyl halides is 1. The molecule has 0 unspecified atom stereocenters. The van der Waals surface area contributed by atoms with Crippen LogP contribution < -0.4 is 4.74 Å². The van der Waals surface area contributed by atoms with E-state index in [9.17, 15) is 0 Å². The molecule has 1 aromatic rings. The minimum absolute atomic E-state index is 0.554. The highest BCUT2D eigenvalue weighted by molar-refractivity contribution is 9.09. The Balaban J connectivity index is 1.91. The molecule has 0 bridgehead atoms. The molecule has 1 aliphatic heterocycles. The lowest BCUT2D eigenvalue weighted by Gasteiger charge is -2.14. The predicted octanol–water partition coefficient (Wildman–Crippen LogP) is 3.01. The van der Waals surface area contributed by atoms with Gasteiger partial charge in [-0.05, 0) is 59.6 Å². The van der Waals surface area contributed by atoms with Crippen molar-refractivity contribution in [3.05, 3.63) is 29.8 Å². The Labute approximate surface area is 99.4 Å². The van der Waals surface area contributed by atoms with E-state index in [-0.39, 0.29) is 0 Å². The van der Waals surface area contributed by atoms with Crippen LogP contribution in [0.1, 0.15) is 18.4 Å². The lowest BCUT2D eigenvalue weighted by molar-refractivity contribution is 0.331. The first-order chi connectivity index (χ1) is 7.38. The molecule has 1 saturated heterocycles. The van der Waals surface area contributed by atoms with Crippen LogP contribution in [0.25, 0.3) is 0 Å². The summed E-state index contributed by atoms with van der Waals surface area (Å²) < 4.78 is 5.33. The van der Waals surface area contributed by atoms with Crippen molar-refractivity contribution in [1.29, 1.82) is 0 Å². The van der Waals surface area contributed by atoms with Gasteiger partial charge in [0.2, 0.25) is 0 Å². The van der Waals surface area contributed by atoms with Gasteiger partial charge in [-0.2, -0.15) is 0 Å². The summed E-state index contributed by atoms with van der Waals surface area (Å²) in [6.45, 7) is 3.58. The van der Waals surface area contributed by atoms with Gasteiger partial charge in [-0.25, -0.2) is 0 Å². The number of rotatable bonds is 4. The van der Waals surface area contributed by atoms with Crippen LogP contribution in [-0.4, -0.2) is 23.5 Å². The van der Waals surface area contributed by atoms with E-state index >= 15 is 0 Å². The Morgan fingerprint density at radius 3 is 2.40 bits per heavy atom. The highest BCUT2D eigenvalue weighted by Gasteiger charge is 2.11. The van der Waals surface area contributed by atoms with Gasteiger partial charge in [0.25, 0.3) is 0 Å². The minimum atomic E-state index is 0.554. The van der Waals surface area contributed by atoms with Gasteiger partial charge in [0, 0.05) is 6.54 Å². The molecule has 2 nitrogen and oxygen atoms in total. The third kappa shape index (κ3) is 3.21. The molecular weight excluding hydrogens is 254 g/mol. The molecule has 0 radical (unpaired) electrons. The molecule has 0 atom stereocenters. The molecule has 15 heavy (non-hydrogen) atoms. The van der Waals surface area contributed by atoms with Crippen molar-refractivity contribution < 1.29 is 4.74 Å². The predicted molar refractivity (Wildman–Crippen MR) is 65.4 cm³/mol. The van der Waals surface area contributed by atoms with Crippen LogP contribution in [0.15, 0.2) is 24.3 Å². The first kappa shape index (κ1) is 11.0. The van der Waals surface area contributed by atoms with Crippen LogP contribution >= 0.6 is 15.9 Å². The van der Waals surface area contributed by atoms with E-state index < -0.39 is 0 Å². The van der Waals surface area contributed by atoms with Crippen LogP contribution in [0.2, 0.25) is 0 Å². The van der Waals surface area contributed by atoms with Crippen LogP contribution in [0.5, 0.6) is 5.75 Å². The zero-order valence-corrected chi connectivity index (χ0v) is 10.4. The second-order valence-corrected chi connectivity index (χ2v) is 4.34. The number of nitrogens with zero attached hydrogens (tertiary/aromatic N) is 1. The van der Waals surface area contributed by atoms with Crippen molar-refractivity contribution in [3.8, 4) is 5.75 Å². The van der Waals surface area contributed by atoms with Crippen molar-refractivity contribution in [1.82, 2.24) is 4.90 Å². The Bertz CT molecular complexity index is 293. The molecular formula is C12H16BrNO. The summed E-state index contributed by atoms with van der Waals surface area (Å²) in [5, 5.41) is 0. The van der Waals surface area contributed by atoms with Crippen LogP contribution in [0.4, 0.5) is 0 Å². The second-order valence-electron chi connectivity index (χ2n) is 3.88. The Hall–Kier alpha value is -0.540. The van der Waals surface area contributed by atoms with E-state index in [4.69, 9.17) is 4.74 Å². The summed E-state index contributed by atoms with van der Waals surface area (Å²) in [5.74, 6) is 0.928. The number of ether oxygens (including phenoxy) is 1. The molecule has 1 aliphatic rings. The largest absolute Gasteiger partial charge is 0.482 e. The van der Waals surface area contributed by atoms with Gasteiger partial charge in [-0.3, -0.25) is 4.90 Å². The number of benzene rings is 1. The van der Waals surface area contributed by atoms with Crippen molar-refractivity contribution in [2.75, 3.05) is 18.6 Å². The van der Waals surface area contributed by atoms with E-state index in [1.165, 1.54) is 31.5 Å². The molecule has 0 amide bonds. The number of hydrogen-bond acceptors (Lipinski definition) is 2. The zero-order valence-electron chi connectivity index (χ0n) is 8.79. The standard InChI is InChI=1S/C12H16BrNO/c13-10-15-12-5-3-11(4-6-12)9-14-7-1-2-8-14/h3-6H,1-2,7-10H2. The van der Waals surface area contributed by atoms with Gasteiger partial charge >= 0.3 is 0 Å². The molecule has 1 aromatic carbocycles. The van der Waals surface area contributed by atoms with Crippen molar-refractivity contribution in [2.24, 2.45) is 0 Å². The summed E-state index contributed by atoms with van der Waals surface area (Å²) in [4.78, 5) is 2.50. The molecule has 0 aliphatic carbocycles. The first-order valence-corrected chi connectivity index (χ1v) is 6.51. The molecule has 2 rings (SSSR count). The summed E-state index contributed by atoms with van der Waals surface area (Å²) in [6.07, 6.45) is 2.70. The number of halogens is 1. The molecule has 0 N–H and O–H groups in total. The molecule has 0 aromatic heterocycles. The zero-order chi connectivity index (χ0) is 10.5. The first-order valence-electron chi connectivity index (χ1n) is 5.38. The molecule has 1 fully saturated rings. The van der Waals surface area contributed by atoms with Crippen LogP contribution in [0, 0.1) is 0 Å². The van der Waals surface area contributed by atoms with Crippen molar-refractivity contribution in [2.45, 2.75) is 19.4 Å². The van der Waals surface area contributed by atoms with E-state index in [1.54, 1.807) is 0 Å². The third-order valence-electron chi connectivity index (χ3n) is 2.75. The number of likely N-dealkylation sites (tertiary alicyclic amines) is 1. The van der Waals surface area contributed by atoms with Crippen molar-refractivity contribution in [3.63, 3.8) is 0 Å². The summed E-state index contributed by atoms with van der Waals surface area (Å²) in [6, 6.07) is 8.37. The highest BCUT2D eigenvalue weighted by atomic mass is 79.9. The van der Waals surface area contributed by atoms with E-state index in [2.05, 4.69) is 33.0 Å². The van der Waals surface area contributed by atoms with Crippen LogP contribution in [0.3, 0.4) is 0 Å². The van der Waals surface area contributed by atoms with Gasteiger partial charge in [-0.15, -0.1) is 0 Å². The maximum Gasteiger partial charge on any atom is 0.143 e. The quantitative estimate of drug-likeness (QED) is 0.780. The SMILES string of the molecule is BrCOc1ccc(CN2CCCC2)cc1. The van der Waals surface area contributed by atoms with E-state index in [0.29, 0.717) is 5.52 Å². The molecule has 0 saturated carbocycles. The molecule has 82 valence electrons. The highest BCUT2D eigenvalue weighted by Crippen LogP contribution is 2.16. The topological polar surface area (TPSA) is 12.5 Å². The smallest absolute Gasteiger partial charge is 0.143 e. The average molecular weight is 270 g/mol. The van der Waals surface area contributed by atoms with Gasteiger partial charge < -0.3 is 4.74 Å². The van der Waals surface area contributed by atoms with Gasteiger partial charge in [0.05, 0.1) is 0 Å². The maximum absolute atomic E-state index is 5.33. The van der Waals surface area contributed by atoms with Gasteiger partial charge in [-0.1, -0.05) is 12.1 Å². The fourth-order valence-electron chi connectivity index (χ4n) is 1.95.